The third-order valence-corrected chi connectivity index (χ3v) is 16.5. The van der Waals surface area contributed by atoms with E-state index in [1.807, 2.05) is 43.6 Å². The molecule has 2 aromatic carbocycles. The van der Waals surface area contributed by atoms with Gasteiger partial charge in [0.05, 0.1) is 41.6 Å². The number of carbonyl (C=O) groups is 1. The number of aromatic amines is 1. The Balaban J connectivity index is 0.959. The van der Waals surface area contributed by atoms with Crippen LogP contribution in [0.2, 0.25) is 0 Å². The molecule has 394 valence electrons. The van der Waals surface area contributed by atoms with Crippen LogP contribution < -0.4 is 36.5 Å². The quantitative estimate of drug-likeness (QED) is 0.0257. The van der Waals surface area contributed by atoms with E-state index in [0.29, 0.717) is 68.4 Å². The number of pyridine rings is 1. The van der Waals surface area contributed by atoms with Gasteiger partial charge in [-0.1, -0.05) is 30.0 Å². The maximum Gasteiger partial charge on any atom is 0.302 e. The number of H-pyrrole nitrogens is 1. The van der Waals surface area contributed by atoms with Gasteiger partial charge < -0.3 is 70.8 Å². The maximum atomic E-state index is 12.9. The van der Waals surface area contributed by atoms with Gasteiger partial charge in [0.1, 0.15) is 18.4 Å². The van der Waals surface area contributed by atoms with Gasteiger partial charge in [-0.2, -0.15) is 0 Å². The number of benzene rings is 2. The Morgan fingerprint density at radius 3 is 2.80 bits per heavy atom. The van der Waals surface area contributed by atoms with Crippen LogP contribution in [0.4, 0.5) is 0 Å². The van der Waals surface area contributed by atoms with Gasteiger partial charge in [0.2, 0.25) is 5.75 Å². The van der Waals surface area contributed by atoms with E-state index in [0.717, 1.165) is 60.6 Å². The fraction of sp³-hybridized carbons (Fsp3) is 0.466. The van der Waals surface area contributed by atoms with Crippen molar-refractivity contribution in [3.05, 3.63) is 120 Å². The largest absolute Gasteiger partial charge is 0.504 e. The van der Waals surface area contributed by atoms with Crippen molar-refractivity contribution in [2.45, 2.75) is 107 Å². The molecule has 11 rings (SSSR count). The first-order valence-corrected chi connectivity index (χ1v) is 26.7. The average Bonchev–Trinajstić information content (AvgIpc) is 4.04. The second-order valence-corrected chi connectivity index (χ2v) is 21.2. The fourth-order valence-electron chi connectivity index (χ4n) is 13.0. The molecular formula is C58H69N9O8. The molecule has 3 aromatic heterocycles. The normalized spacial score (nSPS) is 29.5. The molecule has 11 unspecified atom stereocenters. The summed E-state index contributed by atoms with van der Waals surface area (Å²) in [6.45, 7) is 3.63. The highest BCUT2D eigenvalue weighted by Crippen LogP contribution is 2.52. The summed E-state index contributed by atoms with van der Waals surface area (Å²) in [7, 11) is 2.00. The Morgan fingerprint density at radius 2 is 1.97 bits per heavy atom. The van der Waals surface area contributed by atoms with Crippen LogP contribution in [0.1, 0.15) is 87.3 Å². The number of carbonyl (C=O) groups excluding carboxylic acids is 1. The molecule has 10 N–H and O–H groups in total. The number of nitrogens with two attached hydrogens (primary N) is 1. The molecule has 0 radical (unpaired) electrons. The topological polar surface area (TPSA) is 235 Å². The van der Waals surface area contributed by atoms with Crippen LogP contribution in [-0.2, 0) is 27.1 Å². The monoisotopic (exact) mass is 1020 g/mol. The lowest BCUT2D eigenvalue weighted by Gasteiger charge is -2.56. The minimum atomic E-state index is -0.653. The number of nitrogens with one attached hydrogen (secondary N) is 5. The number of phenols is 3. The lowest BCUT2D eigenvalue weighted by atomic mass is 9.62. The highest BCUT2D eigenvalue weighted by atomic mass is 16.6. The number of hydrogen-bond acceptors (Lipinski definition) is 13. The Kier molecular flexibility index (Phi) is 14.3. The summed E-state index contributed by atoms with van der Waals surface area (Å²) in [5.41, 5.74) is 10.2. The standard InChI is InChI=1S/C58H69N9O8/c1-34(68)73-50-29-49(40-27-47(70)54(71)52(28-40)72-23-17-36-7-4-19-61-30-36)75-55-41(50)12-10-38-11-13-43-48(74-51-25-37(24-42(38)55)9-14-46(51)69)8-3-18-58(43)44(31-60-2)56(67-32-39-16-22-62-45(39)33-67)65-57(66-58)64-20-5-6-35-15-21-63-53(59)26-35/h4,7,9,14-16,19,22,25-28,30,32-33,38,41-44,48-50,55-56,60,62-63,69-71H,3,5-6,8,10,12,17-18,20-21,23-24,29,31,59H2,1-2H3,(H2,64,65,66). The molecule has 17 nitrogen and oxygen atoms in total. The fourth-order valence-corrected chi connectivity index (χ4v) is 13.0. The third-order valence-electron chi connectivity index (χ3n) is 16.5. The van der Waals surface area contributed by atoms with Crippen LogP contribution in [0.25, 0.3) is 10.9 Å². The van der Waals surface area contributed by atoms with Crippen molar-refractivity contribution in [2.24, 2.45) is 40.3 Å². The van der Waals surface area contributed by atoms with Crippen molar-refractivity contribution >= 4 is 22.8 Å². The van der Waals surface area contributed by atoms with E-state index in [2.05, 4.69) is 72.2 Å². The molecule has 4 fully saturated rings. The first-order valence-electron chi connectivity index (χ1n) is 26.7. The van der Waals surface area contributed by atoms with Crippen LogP contribution in [-0.4, -0.2) is 98.9 Å². The van der Waals surface area contributed by atoms with Crippen LogP contribution in [0.5, 0.6) is 28.7 Å². The van der Waals surface area contributed by atoms with E-state index in [4.69, 9.17) is 29.7 Å². The summed E-state index contributed by atoms with van der Waals surface area (Å²) in [4.78, 5) is 25.7. The van der Waals surface area contributed by atoms with Crippen LogP contribution >= 0.6 is 0 Å². The number of aromatic hydroxyl groups is 3. The zero-order valence-corrected chi connectivity index (χ0v) is 42.6. The molecule has 5 aromatic rings. The molecule has 2 saturated carbocycles. The molecule has 6 aliphatic rings. The van der Waals surface area contributed by atoms with Crippen molar-refractivity contribution in [3.8, 4) is 40.6 Å². The predicted molar refractivity (Wildman–Crippen MR) is 284 cm³/mol. The molecule has 17 heteroatoms. The lowest BCUT2D eigenvalue weighted by molar-refractivity contribution is -0.196. The number of aromatic nitrogens is 3. The molecule has 1 spiro atoms. The average molecular weight is 1020 g/mol. The number of nitrogens with zero attached hydrogens (tertiary/aromatic N) is 3. The zero-order valence-electron chi connectivity index (χ0n) is 42.6. The van der Waals surface area contributed by atoms with Crippen molar-refractivity contribution in [1.82, 2.24) is 35.8 Å². The van der Waals surface area contributed by atoms with Gasteiger partial charge in [0, 0.05) is 99.4 Å². The first-order chi connectivity index (χ1) is 36.5. The number of guanidine groups is 1. The van der Waals surface area contributed by atoms with E-state index >= 15 is 0 Å². The molecular weight excluding hydrogens is 951 g/mol. The minimum Gasteiger partial charge on any atom is -0.504 e. The summed E-state index contributed by atoms with van der Waals surface area (Å²) in [5.74, 6) is 7.92. The van der Waals surface area contributed by atoms with E-state index < -0.39 is 23.9 Å². The van der Waals surface area contributed by atoms with Gasteiger partial charge in [-0.05, 0) is 123 Å². The molecule has 7 heterocycles. The van der Waals surface area contributed by atoms with Crippen molar-refractivity contribution in [3.63, 3.8) is 0 Å². The summed E-state index contributed by atoms with van der Waals surface area (Å²) in [6.07, 6.45) is 18.8. The number of rotatable bonds is 13. The zero-order chi connectivity index (χ0) is 51.6. The Labute approximate surface area is 437 Å². The number of phenolic OH excluding ortho intramolecular Hbond substituents is 3. The van der Waals surface area contributed by atoms with Gasteiger partial charge in [-0.25, -0.2) is 0 Å². The number of allylic oxidation sites excluding steroid dienone is 2. The second-order valence-electron chi connectivity index (χ2n) is 21.2. The first kappa shape index (κ1) is 49.9. The summed E-state index contributed by atoms with van der Waals surface area (Å²) >= 11 is 0. The van der Waals surface area contributed by atoms with E-state index in [9.17, 15) is 20.1 Å². The molecule has 2 aliphatic carbocycles. The predicted octanol–water partition coefficient (Wildman–Crippen LogP) is 6.75. The summed E-state index contributed by atoms with van der Waals surface area (Å²) < 4.78 is 28.9. The highest BCUT2D eigenvalue weighted by molar-refractivity contribution is 5.83. The van der Waals surface area contributed by atoms with Gasteiger partial charge in [0.25, 0.3) is 0 Å². The van der Waals surface area contributed by atoms with Gasteiger partial charge in [-0.3, -0.25) is 14.8 Å². The number of esters is 1. The number of hydrogen-bond donors (Lipinski definition) is 9. The summed E-state index contributed by atoms with van der Waals surface area (Å²) in [5, 5.41) is 49.4. The number of fused-ring (bicyclic) bond motifs is 8. The van der Waals surface area contributed by atoms with Gasteiger partial charge >= 0.3 is 5.97 Å². The summed E-state index contributed by atoms with van der Waals surface area (Å²) in [6, 6.07) is 14.8. The van der Waals surface area contributed by atoms with Crippen molar-refractivity contribution in [1.29, 1.82) is 0 Å². The van der Waals surface area contributed by atoms with Crippen molar-refractivity contribution < 1.29 is 39.1 Å². The number of dihydropyridines is 1. The number of ether oxygens (including phenoxy) is 4. The Hall–Kier alpha value is -7.29. The highest BCUT2D eigenvalue weighted by Gasteiger charge is 2.57. The van der Waals surface area contributed by atoms with Crippen molar-refractivity contribution in [2.75, 3.05) is 33.3 Å². The molecule has 2 bridgehead atoms. The lowest BCUT2D eigenvalue weighted by Crippen LogP contribution is -2.73. The van der Waals surface area contributed by atoms with Crippen LogP contribution in [0, 0.1) is 41.4 Å². The van der Waals surface area contributed by atoms with Gasteiger partial charge in [0.15, 0.2) is 29.0 Å². The van der Waals surface area contributed by atoms with Crippen LogP contribution in [0.3, 0.4) is 0 Å². The van der Waals surface area contributed by atoms with E-state index in [1.165, 1.54) is 18.6 Å². The Morgan fingerprint density at radius 1 is 1.07 bits per heavy atom. The van der Waals surface area contributed by atoms with Gasteiger partial charge in [-0.15, -0.1) is 0 Å². The molecule has 75 heavy (non-hydrogen) atoms. The minimum absolute atomic E-state index is 0.0601. The molecule has 4 aliphatic heterocycles. The third kappa shape index (κ3) is 10.4. The number of aliphatic imine (C=N–C) groups is 1. The van der Waals surface area contributed by atoms with Crippen LogP contribution in [0.15, 0.2) is 108 Å². The van der Waals surface area contributed by atoms with E-state index in [1.54, 1.807) is 24.5 Å². The second kappa shape index (κ2) is 21.5. The Bertz CT molecular complexity index is 3000. The SMILES string of the molecule is CNCC1C(n2cc3cc[nH]c3c2)NC(=NCCCC2=CCNC(N)=C2)NC12CCCC1Oc3cc(ccc3O)CC3C(C#CC12)CCC1C(OC(C)=O)CC(c2cc(O)c(O)c(OCCc4cccnc4)c2)OC31. The molecule has 0 amide bonds. The molecule has 11 atom stereocenters. The molecule has 2 saturated heterocycles. The maximum absolute atomic E-state index is 12.9. The smallest absolute Gasteiger partial charge is 0.302 e. The van der Waals surface area contributed by atoms with E-state index in [-0.39, 0.29) is 77.4 Å².